The van der Waals surface area contributed by atoms with Crippen molar-refractivity contribution in [3.63, 3.8) is 0 Å². The number of nitrogens with zero attached hydrogens (tertiary/aromatic N) is 2. The Bertz CT molecular complexity index is 3080. The summed E-state index contributed by atoms with van der Waals surface area (Å²) in [6.07, 6.45) is 0. The van der Waals surface area contributed by atoms with Crippen LogP contribution >= 0.6 is 11.8 Å². The summed E-state index contributed by atoms with van der Waals surface area (Å²) in [4.78, 5) is 4.95. The molecule has 1 aliphatic heterocycles. The molecule has 2 heterocycles. The second-order valence-corrected chi connectivity index (χ2v) is 15.9. The van der Waals surface area contributed by atoms with Crippen molar-refractivity contribution in [3.05, 3.63) is 229 Å². The first-order valence-electron chi connectivity index (χ1n) is 19.3. The molecule has 0 amide bonds. The molecule has 0 fully saturated rings. The predicted molar refractivity (Wildman–Crippen MR) is 234 cm³/mol. The lowest BCUT2D eigenvalue weighted by atomic mass is 9.67. The Morgan fingerprint density at radius 3 is 1.68 bits per heavy atom. The molecule has 3 heteroatoms. The largest absolute Gasteiger partial charge is 0.311 e. The van der Waals surface area contributed by atoms with Crippen molar-refractivity contribution in [3.8, 4) is 16.8 Å². The molecule has 9 aromatic carbocycles. The van der Waals surface area contributed by atoms with E-state index < -0.39 is 5.41 Å². The molecule has 0 radical (unpaired) electrons. The SMILES string of the molecule is c1ccc(N(c2ccccc2)c2ccc(-n3c4ccc5ccccc5c4c4ccc5c(c43)Sc3ccccc3C53c4ccccc4-c4ccccc43)cc2)cc1. The highest BCUT2D eigenvalue weighted by molar-refractivity contribution is 7.99. The molecule has 1 spiro atoms. The third-order valence-electron chi connectivity index (χ3n) is 12.0. The molecule has 56 heavy (non-hydrogen) atoms. The Kier molecular flexibility index (Phi) is 6.81. The number of fused-ring (bicyclic) bond motifs is 15. The van der Waals surface area contributed by atoms with Gasteiger partial charge in [0.15, 0.2) is 0 Å². The predicted octanol–water partition coefficient (Wildman–Crippen LogP) is 14.2. The molecule has 1 aliphatic carbocycles. The van der Waals surface area contributed by atoms with Gasteiger partial charge < -0.3 is 9.47 Å². The van der Waals surface area contributed by atoms with E-state index in [4.69, 9.17) is 0 Å². The van der Waals surface area contributed by atoms with Crippen LogP contribution in [0.5, 0.6) is 0 Å². The first kappa shape index (κ1) is 31.5. The smallest absolute Gasteiger partial charge is 0.0736 e. The Morgan fingerprint density at radius 1 is 0.411 bits per heavy atom. The molecule has 0 saturated heterocycles. The summed E-state index contributed by atoms with van der Waals surface area (Å²) in [5, 5.41) is 5.09. The molecule has 12 rings (SSSR count). The lowest BCUT2D eigenvalue weighted by molar-refractivity contribution is 0.724. The minimum atomic E-state index is -0.447. The fraction of sp³-hybridized carbons (Fsp3) is 0.0189. The van der Waals surface area contributed by atoms with Gasteiger partial charge in [-0.2, -0.15) is 0 Å². The van der Waals surface area contributed by atoms with Gasteiger partial charge in [0, 0.05) is 43.3 Å². The lowest BCUT2D eigenvalue weighted by Gasteiger charge is -2.40. The third kappa shape index (κ3) is 4.29. The van der Waals surface area contributed by atoms with Gasteiger partial charge in [-0.15, -0.1) is 0 Å². The Morgan fingerprint density at radius 2 is 0.982 bits per heavy atom. The molecule has 10 aromatic rings. The van der Waals surface area contributed by atoms with Crippen LogP contribution in [0.1, 0.15) is 22.3 Å². The standard InChI is InChI=1S/C53H34N2S/c1-3-16-36(17-4-1)54(37-18-5-2-6-19-37)38-28-30-39(31-29-38)55-48-34-27-35-15-7-8-20-40(35)50(48)43-32-33-47-52(51(43)55)56-49-26-14-13-25-46(49)53(47)44-23-11-9-21-41(44)42-22-10-12-24-45(42)53/h1-34H. The van der Waals surface area contributed by atoms with Crippen LogP contribution in [0.25, 0.3) is 49.4 Å². The van der Waals surface area contributed by atoms with Gasteiger partial charge in [0.05, 0.1) is 16.4 Å². The molecule has 0 saturated carbocycles. The first-order valence-corrected chi connectivity index (χ1v) is 20.1. The highest BCUT2D eigenvalue weighted by atomic mass is 32.2. The summed E-state index contributed by atoms with van der Waals surface area (Å²) in [5.41, 5.74) is 14.6. The van der Waals surface area contributed by atoms with Crippen molar-refractivity contribution < 1.29 is 0 Å². The normalized spacial score (nSPS) is 13.4. The van der Waals surface area contributed by atoms with Crippen molar-refractivity contribution in [2.24, 2.45) is 0 Å². The van der Waals surface area contributed by atoms with Crippen molar-refractivity contribution in [2.45, 2.75) is 15.2 Å². The first-order chi connectivity index (χ1) is 27.8. The van der Waals surface area contributed by atoms with Gasteiger partial charge in [-0.3, -0.25) is 0 Å². The van der Waals surface area contributed by atoms with E-state index in [9.17, 15) is 0 Å². The minimum Gasteiger partial charge on any atom is -0.311 e. The molecule has 2 nitrogen and oxygen atoms in total. The van der Waals surface area contributed by atoms with Crippen molar-refractivity contribution >= 4 is 61.4 Å². The second-order valence-electron chi connectivity index (χ2n) is 14.8. The number of hydrogen-bond donors (Lipinski definition) is 0. The van der Waals surface area contributed by atoms with Crippen LogP contribution in [0.3, 0.4) is 0 Å². The van der Waals surface area contributed by atoms with E-state index in [0.717, 1.165) is 22.7 Å². The Balaban J connectivity index is 1.17. The maximum Gasteiger partial charge on any atom is 0.0736 e. The summed E-state index contributed by atoms with van der Waals surface area (Å²) in [6, 6.07) is 76.0. The second kappa shape index (κ2) is 12.1. The Hall–Kier alpha value is -6.81. The van der Waals surface area contributed by atoms with Gasteiger partial charge >= 0.3 is 0 Å². The summed E-state index contributed by atoms with van der Waals surface area (Å²) < 4.78 is 2.54. The fourth-order valence-corrected chi connectivity index (χ4v) is 11.1. The zero-order chi connectivity index (χ0) is 36.8. The molecule has 2 aliphatic rings. The number of rotatable bonds is 4. The van der Waals surface area contributed by atoms with Crippen molar-refractivity contribution in [2.75, 3.05) is 4.90 Å². The van der Waals surface area contributed by atoms with Gasteiger partial charge in [-0.05, 0) is 105 Å². The van der Waals surface area contributed by atoms with Gasteiger partial charge in [0.25, 0.3) is 0 Å². The van der Waals surface area contributed by atoms with Crippen molar-refractivity contribution in [1.29, 1.82) is 0 Å². The van der Waals surface area contributed by atoms with Gasteiger partial charge in [0.2, 0.25) is 0 Å². The molecule has 0 N–H and O–H groups in total. The number of para-hydroxylation sites is 2. The summed E-state index contributed by atoms with van der Waals surface area (Å²) >= 11 is 1.93. The number of benzene rings is 9. The van der Waals surface area contributed by atoms with E-state index in [2.05, 4.69) is 216 Å². The van der Waals surface area contributed by atoms with E-state index in [-0.39, 0.29) is 0 Å². The molecular weight excluding hydrogens is 697 g/mol. The van der Waals surface area contributed by atoms with Crippen LogP contribution in [0, 0.1) is 0 Å². The molecule has 0 atom stereocenters. The maximum atomic E-state index is 2.54. The lowest BCUT2D eigenvalue weighted by Crippen LogP contribution is -2.32. The fourth-order valence-electron chi connectivity index (χ4n) is 9.80. The maximum absolute atomic E-state index is 2.54. The van der Waals surface area contributed by atoms with Gasteiger partial charge in [-0.1, -0.05) is 157 Å². The average Bonchev–Trinajstić information content (AvgIpc) is 3.77. The molecule has 262 valence electrons. The monoisotopic (exact) mass is 730 g/mol. The van der Waals surface area contributed by atoms with E-state index in [1.165, 1.54) is 75.7 Å². The van der Waals surface area contributed by atoms with Crippen molar-refractivity contribution in [1.82, 2.24) is 4.57 Å². The van der Waals surface area contributed by atoms with E-state index >= 15 is 0 Å². The van der Waals surface area contributed by atoms with Gasteiger partial charge in [0.1, 0.15) is 0 Å². The molecule has 1 aromatic heterocycles. The van der Waals surface area contributed by atoms with Crippen LogP contribution in [0.2, 0.25) is 0 Å². The summed E-state index contributed by atoms with van der Waals surface area (Å²) in [6.45, 7) is 0. The zero-order valence-electron chi connectivity index (χ0n) is 30.4. The number of hydrogen-bond acceptors (Lipinski definition) is 2. The van der Waals surface area contributed by atoms with Crippen LogP contribution in [0.15, 0.2) is 216 Å². The number of aromatic nitrogens is 1. The minimum absolute atomic E-state index is 0.447. The molecule has 0 unspecified atom stereocenters. The summed E-state index contributed by atoms with van der Waals surface area (Å²) in [7, 11) is 0. The van der Waals surface area contributed by atoms with E-state index in [1.54, 1.807) is 0 Å². The molecular formula is C53H34N2S. The highest BCUT2D eigenvalue weighted by Crippen LogP contribution is 2.63. The quantitative estimate of drug-likeness (QED) is 0.178. The molecule has 0 bridgehead atoms. The highest BCUT2D eigenvalue weighted by Gasteiger charge is 2.50. The van der Waals surface area contributed by atoms with Crippen LogP contribution in [-0.4, -0.2) is 4.57 Å². The van der Waals surface area contributed by atoms with E-state index in [0.29, 0.717) is 0 Å². The average molecular weight is 731 g/mol. The van der Waals surface area contributed by atoms with Crippen LogP contribution < -0.4 is 4.90 Å². The Labute approximate surface area is 329 Å². The van der Waals surface area contributed by atoms with Crippen LogP contribution in [0.4, 0.5) is 17.1 Å². The van der Waals surface area contributed by atoms with Gasteiger partial charge in [-0.25, -0.2) is 0 Å². The third-order valence-corrected chi connectivity index (χ3v) is 13.2. The zero-order valence-corrected chi connectivity index (χ0v) is 31.2. The van der Waals surface area contributed by atoms with E-state index in [1.807, 2.05) is 11.8 Å². The summed E-state index contributed by atoms with van der Waals surface area (Å²) in [5.74, 6) is 0. The van der Waals surface area contributed by atoms with Crippen LogP contribution in [-0.2, 0) is 5.41 Å². The topological polar surface area (TPSA) is 8.17 Å². The number of anilines is 3.